The molecule has 0 spiro atoms. The van der Waals surface area contributed by atoms with Crippen molar-refractivity contribution in [3.05, 3.63) is 64.0 Å². The number of rotatable bonds is 6. The van der Waals surface area contributed by atoms with Gasteiger partial charge in [-0.3, -0.25) is 0 Å². The molecular formula is C18H13ClN2O4S. The lowest BCUT2D eigenvalue weighted by molar-refractivity contribution is -0.131. The molecule has 0 atom stereocenters. The van der Waals surface area contributed by atoms with Crippen LogP contribution in [0.1, 0.15) is 5.56 Å². The summed E-state index contributed by atoms with van der Waals surface area (Å²) >= 11 is 6.72. The maximum absolute atomic E-state index is 11.5. The average Bonchev–Trinajstić information content (AvgIpc) is 3.11. The van der Waals surface area contributed by atoms with Gasteiger partial charge in [-0.25, -0.2) is 4.79 Å². The van der Waals surface area contributed by atoms with Gasteiger partial charge in [-0.1, -0.05) is 23.7 Å². The molecule has 0 bridgehead atoms. The monoisotopic (exact) mass is 388 g/mol. The van der Waals surface area contributed by atoms with Crippen molar-refractivity contribution in [1.82, 2.24) is 10.2 Å². The minimum Gasteiger partial charge on any atom is -0.497 e. The lowest BCUT2D eigenvalue weighted by Crippen LogP contribution is -1.96. The summed E-state index contributed by atoms with van der Waals surface area (Å²) in [6, 6.07) is 13.9. The molecule has 0 unspecified atom stereocenters. The van der Waals surface area contributed by atoms with Crippen LogP contribution in [0.4, 0.5) is 0 Å². The van der Waals surface area contributed by atoms with Crippen molar-refractivity contribution in [2.75, 3.05) is 7.11 Å². The van der Waals surface area contributed by atoms with E-state index in [-0.39, 0.29) is 10.1 Å². The maximum Gasteiger partial charge on any atom is 0.342 e. The molecule has 3 aromatic rings. The van der Waals surface area contributed by atoms with Gasteiger partial charge in [0.05, 0.1) is 7.11 Å². The zero-order valence-electron chi connectivity index (χ0n) is 13.5. The summed E-state index contributed by atoms with van der Waals surface area (Å²) in [6.07, 6.45) is 1.51. The number of halogens is 1. The van der Waals surface area contributed by atoms with Crippen LogP contribution in [0.2, 0.25) is 5.02 Å². The molecule has 0 aliphatic rings. The molecule has 2 aromatic carbocycles. The van der Waals surface area contributed by atoms with Gasteiger partial charge in [0.1, 0.15) is 10.7 Å². The van der Waals surface area contributed by atoms with Crippen LogP contribution >= 0.6 is 23.4 Å². The van der Waals surface area contributed by atoms with Crippen LogP contribution in [-0.2, 0) is 4.79 Å². The second-order valence-corrected chi connectivity index (χ2v) is 6.50. The second-order valence-electron chi connectivity index (χ2n) is 5.07. The molecule has 0 fully saturated rings. The Morgan fingerprint density at radius 1 is 1.15 bits per heavy atom. The van der Waals surface area contributed by atoms with Crippen molar-refractivity contribution >= 4 is 35.4 Å². The molecule has 0 amide bonds. The number of methoxy groups -OCH3 is 1. The number of benzene rings is 2. The Morgan fingerprint density at radius 3 is 2.46 bits per heavy atom. The highest BCUT2D eigenvalue weighted by Crippen LogP contribution is 2.30. The van der Waals surface area contributed by atoms with Crippen LogP contribution < -0.4 is 4.74 Å². The zero-order chi connectivity index (χ0) is 18.5. The number of aliphatic carboxylic acids is 1. The fourth-order valence-corrected chi connectivity index (χ4v) is 2.84. The van der Waals surface area contributed by atoms with E-state index in [0.29, 0.717) is 27.8 Å². The molecule has 0 saturated carbocycles. The predicted molar refractivity (Wildman–Crippen MR) is 99.2 cm³/mol. The molecule has 0 aliphatic heterocycles. The molecule has 8 heteroatoms. The number of nitrogens with zero attached hydrogens (tertiary/aromatic N) is 2. The van der Waals surface area contributed by atoms with E-state index < -0.39 is 5.97 Å². The summed E-state index contributed by atoms with van der Waals surface area (Å²) in [5, 5.41) is 18.0. The third-order valence-electron chi connectivity index (χ3n) is 3.32. The fourth-order valence-electron chi connectivity index (χ4n) is 2.04. The molecule has 0 saturated heterocycles. The van der Waals surface area contributed by atoms with E-state index >= 15 is 0 Å². The molecule has 1 N–H and O–H groups in total. The first-order chi connectivity index (χ1) is 12.5. The summed E-state index contributed by atoms with van der Waals surface area (Å²) in [5.41, 5.74) is 1.41. The first kappa shape index (κ1) is 18.0. The van der Waals surface area contributed by atoms with Crippen LogP contribution in [0.5, 0.6) is 5.75 Å². The highest BCUT2D eigenvalue weighted by atomic mass is 35.5. The molecule has 26 heavy (non-hydrogen) atoms. The standard InChI is InChI=1S/C18H13ClN2O4S/c1-24-14-8-4-12(5-9-14)16-20-21-18(25-16)26-15(17(22)23)10-11-2-6-13(19)7-3-11/h2-10H,1H3,(H,22,23)/b15-10+. The maximum atomic E-state index is 11.5. The predicted octanol–water partition coefficient (Wildman–Crippen LogP) is 4.62. The molecule has 1 heterocycles. The Kier molecular flexibility index (Phi) is 5.60. The van der Waals surface area contributed by atoms with E-state index in [1.165, 1.54) is 6.08 Å². The summed E-state index contributed by atoms with van der Waals surface area (Å²) < 4.78 is 10.7. The van der Waals surface area contributed by atoms with E-state index in [0.717, 1.165) is 11.8 Å². The zero-order valence-corrected chi connectivity index (χ0v) is 15.1. The normalized spacial score (nSPS) is 11.4. The SMILES string of the molecule is COc1ccc(-c2nnc(S/C(=C/c3ccc(Cl)cc3)C(=O)O)o2)cc1. The van der Waals surface area contributed by atoms with E-state index in [9.17, 15) is 9.90 Å². The van der Waals surface area contributed by atoms with Crippen molar-refractivity contribution < 1.29 is 19.1 Å². The van der Waals surface area contributed by atoms with Gasteiger partial charge >= 0.3 is 5.97 Å². The van der Waals surface area contributed by atoms with Crippen LogP contribution in [0.25, 0.3) is 17.5 Å². The van der Waals surface area contributed by atoms with Crippen LogP contribution in [0, 0.1) is 0 Å². The number of carboxylic acid groups (broad SMARTS) is 1. The van der Waals surface area contributed by atoms with Gasteiger partial charge in [-0.2, -0.15) is 0 Å². The van der Waals surface area contributed by atoms with Gasteiger partial charge in [0.25, 0.3) is 5.22 Å². The molecule has 6 nitrogen and oxygen atoms in total. The molecule has 0 aliphatic carbocycles. The lowest BCUT2D eigenvalue weighted by atomic mass is 10.2. The van der Waals surface area contributed by atoms with E-state index in [2.05, 4.69) is 10.2 Å². The number of carbonyl (C=O) groups is 1. The van der Waals surface area contributed by atoms with Gasteiger partial charge in [-0.05, 0) is 59.8 Å². The first-order valence-electron chi connectivity index (χ1n) is 7.41. The van der Waals surface area contributed by atoms with E-state index in [1.807, 2.05) is 0 Å². The van der Waals surface area contributed by atoms with Crippen LogP contribution in [0.15, 0.2) is 63.1 Å². The Hall–Kier alpha value is -2.77. The molecule has 1 aromatic heterocycles. The fraction of sp³-hybridized carbons (Fsp3) is 0.0556. The smallest absolute Gasteiger partial charge is 0.342 e. The number of hydrogen-bond acceptors (Lipinski definition) is 6. The minimum absolute atomic E-state index is 0.0530. The van der Waals surface area contributed by atoms with Crippen molar-refractivity contribution in [3.8, 4) is 17.2 Å². The van der Waals surface area contributed by atoms with Gasteiger partial charge in [0, 0.05) is 10.6 Å². The molecular weight excluding hydrogens is 376 g/mol. The topological polar surface area (TPSA) is 85.5 Å². The quantitative estimate of drug-likeness (QED) is 0.487. The number of thioether (sulfide) groups is 1. The molecule has 132 valence electrons. The molecule has 3 rings (SSSR count). The second kappa shape index (κ2) is 8.07. The average molecular weight is 389 g/mol. The third kappa shape index (κ3) is 4.44. The van der Waals surface area contributed by atoms with Crippen molar-refractivity contribution in [3.63, 3.8) is 0 Å². The lowest BCUT2D eigenvalue weighted by Gasteiger charge is -2.00. The number of ether oxygens (including phenoxy) is 1. The van der Waals surface area contributed by atoms with Gasteiger partial charge in [-0.15, -0.1) is 10.2 Å². The summed E-state index contributed by atoms with van der Waals surface area (Å²) in [4.78, 5) is 11.6. The van der Waals surface area contributed by atoms with Crippen LogP contribution in [0.3, 0.4) is 0 Å². The summed E-state index contributed by atoms with van der Waals surface area (Å²) in [5.74, 6) is -0.0811. The summed E-state index contributed by atoms with van der Waals surface area (Å²) in [7, 11) is 1.58. The number of hydrogen-bond donors (Lipinski definition) is 1. The first-order valence-corrected chi connectivity index (χ1v) is 8.61. The highest BCUT2D eigenvalue weighted by molar-refractivity contribution is 8.03. The highest BCUT2D eigenvalue weighted by Gasteiger charge is 2.16. The Labute approximate surface area is 158 Å². The summed E-state index contributed by atoms with van der Waals surface area (Å²) in [6.45, 7) is 0. The van der Waals surface area contributed by atoms with Crippen molar-refractivity contribution in [1.29, 1.82) is 0 Å². The van der Waals surface area contributed by atoms with Gasteiger partial charge in [0.15, 0.2) is 0 Å². The van der Waals surface area contributed by atoms with Gasteiger partial charge in [0.2, 0.25) is 5.89 Å². The Morgan fingerprint density at radius 2 is 1.85 bits per heavy atom. The molecule has 0 radical (unpaired) electrons. The van der Waals surface area contributed by atoms with Crippen molar-refractivity contribution in [2.45, 2.75) is 5.22 Å². The van der Waals surface area contributed by atoms with Gasteiger partial charge < -0.3 is 14.3 Å². The number of carboxylic acids is 1. The largest absolute Gasteiger partial charge is 0.497 e. The Bertz CT molecular complexity index is 937. The Balaban J connectivity index is 1.80. The van der Waals surface area contributed by atoms with Crippen molar-refractivity contribution in [2.24, 2.45) is 0 Å². The third-order valence-corrected chi connectivity index (χ3v) is 4.42. The number of aromatic nitrogens is 2. The van der Waals surface area contributed by atoms with Crippen LogP contribution in [-0.4, -0.2) is 28.4 Å². The van der Waals surface area contributed by atoms with E-state index in [4.69, 9.17) is 20.8 Å². The minimum atomic E-state index is -1.09. The van der Waals surface area contributed by atoms with E-state index in [1.54, 1.807) is 55.6 Å².